The molecule has 0 aliphatic carbocycles. The summed E-state index contributed by atoms with van der Waals surface area (Å²) in [6.45, 7) is 0. The highest BCUT2D eigenvalue weighted by molar-refractivity contribution is 7.81. The van der Waals surface area contributed by atoms with Gasteiger partial charge in [-0.05, 0) is 5.56 Å². The highest BCUT2D eigenvalue weighted by Crippen LogP contribution is 2.55. The van der Waals surface area contributed by atoms with Crippen molar-refractivity contribution in [3.63, 3.8) is 0 Å². The fraction of sp³-hybridized carbons (Fsp3) is 0.300. The molecule has 0 aliphatic heterocycles. The number of hydrogen-bond donors (Lipinski definition) is 5. The van der Waals surface area contributed by atoms with E-state index < -0.39 is 27.4 Å². The molecule has 1 atom stereocenters. The molecule has 9 heteroatoms. The molecule has 0 heterocycles. The predicted octanol–water partition coefficient (Wildman–Crippen LogP) is 1.40. The number of benzene rings is 1. The van der Waals surface area contributed by atoms with Gasteiger partial charge in [0.1, 0.15) is 0 Å². The van der Waals surface area contributed by atoms with Crippen LogP contribution in [0.2, 0.25) is 0 Å². The molecule has 0 saturated heterocycles. The summed E-state index contributed by atoms with van der Waals surface area (Å²) >= 11 is 4.85. The normalized spacial score (nSPS) is 14.2. The van der Waals surface area contributed by atoms with E-state index in [9.17, 15) is 14.4 Å². The van der Waals surface area contributed by atoms with E-state index in [4.69, 9.17) is 26.9 Å². The molecule has 0 spiro atoms. The Morgan fingerprint density at radius 3 is 2.16 bits per heavy atom. The van der Waals surface area contributed by atoms with Crippen LogP contribution in [0, 0.1) is 0 Å². The summed E-state index contributed by atoms with van der Waals surface area (Å²) in [5.41, 5.74) is -0.733. The fourth-order valence-electron chi connectivity index (χ4n) is 1.62. The van der Waals surface area contributed by atoms with Gasteiger partial charge in [-0.15, -0.1) is 0 Å². The molecule has 1 aromatic carbocycles. The molecule has 5 N–H and O–H groups in total. The third-order valence-electron chi connectivity index (χ3n) is 2.40. The van der Waals surface area contributed by atoms with Crippen molar-refractivity contribution in [2.75, 3.05) is 6.16 Å². The average molecular weight is 325 g/mol. The molecular weight excluding hydrogens is 310 g/mol. The first-order chi connectivity index (χ1) is 8.59. The first-order valence-electron chi connectivity index (χ1n) is 5.28. The van der Waals surface area contributed by atoms with Crippen LogP contribution in [-0.2, 0) is 4.57 Å². The van der Waals surface area contributed by atoms with Crippen LogP contribution in [0.15, 0.2) is 30.3 Å². The van der Waals surface area contributed by atoms with Crippen molar-refractivity contribution < 1.29 is 29.0 Å². The Morgan fingerprint density at radius 1 is 1.21 bits per heavy atom. The van der Waals surface area contributed by atoms with Crippen molar-refractivity contribution >= 4 is 32.6 Å². The largest absolute Gasteiger partial charge is 0.408 e. The summed E-state index contributed by atoms with van der Waals surface area (Å²) in [6.07, 6.45) is -0.737. The third-order valence-corrected chi connectivity index (χ3v) is 5.02. The van der Waals surface area contributed by atoms with Crippen molar-refractivity contribution in [1.29, 1.82) is 0 Å². The van der Waals surface area contributed by atoms with Gasteiger partial charge in [-0.2, -0.15) is 14.7 Å². The van der Waals surface area contributed by atoms with Gasteiger partial charge in [0.25, 0.3) is 0 Å². The Hall–Kier alpha value is -0.230. The Morgan fingerprint density at radius 2 is 1.74 bits per heavy atom. The van der Waals surface area contributed by atoms with E-state index in [1.165, 1.54) is 0 Å². The monoisotopic (exact) mass is 325 g/mol. The number of hydrogen-bond acceptors (Lipinski definition) is 5. The van der Waals surface area contributed by atoms with Crippen molar-refractivity contribution in [1.82, 2.24) is 0 Å². The van der Waals surface area contributed by atoms with Crippen LogP contribution in [0.25, 0.3) is 0 Å². The van der Waals surface area contributed by atoms with E-state index in [2.05, 4.69) is 0 Å². The molecule has 1 aromatic rings. The molecule has 0 radical (unpaired) electrons. The lowest BCUT2D eigenvalue weighted by molar-refractivity contribution is 0.335. The Bertz CT molecular complexity index is 481. The van der Waals surface area contributed by atoms with Gasteiger partial charge >= 0.3 is 15.5 Å². The fourth-order valence-corrected chi connectivity index (χ4v) is 4.05. The minimum absolute atomic E-state index is 0.0120. The molecular formula is C10H15O6P2S+. The summed E-state index contributed by atoms with van der Waals surface area (Å²) < 4.78 is 11.5. The van der Waals surface area contributed by atoms with E-state index in [-0.39, 0.29) is 11.3 Å². The summed E-state index contributed by atoms with van der Waals surface area (Å²) in [7, 11) is -8.50. The van der Waals surface area contributed by atoms with E-state index >= 15 is 0 Å². The SMILES string of the molecule is O=P(O)(O)C(CC(=S)C[P+](O)(O)O)c1ccccc1. The lowest BCUT2D eigenvalue weighted by Gasteiger charge is -2.19. The molecule has 6 nitrogen and oxygen atoms in total. The van der Waals surface area contributed by atoms with Crippen molar-refractivity contribution in [3.05, 3.63) is 35.9 Å². The first kappa shape index (κ1) is 16.8. The predicted molar refractivity (Wildman–Crippen MR) is 76.9 cm³/mol. The quantitative estimate of drug-likeness (QED) is 0.396. The maximum absolute atomic E-state index is 11.5. The first-order valence-corrected chi connectivity index (χ1v) is 9.20. The lowest BCUT2D eigenvalue weighted by Crippen LogP contribution is -2.12. The van der Waals surface area contributed by atoms with Crippen LogP contribution < -0.4 is 0 Å². The molecule has 0 aromatic heterocycles. The topological polar surface area (TPSA) is 118 Å². The van der Waals surface area contributed by atoms with E-state index in [0.717, 1.165) is 0 Å². The summed E-state index contributed by atoms with van der Waals surface area (Å²) in [6, 6.07) is 8.12. The van der Waals surface area contributed by atoms with Crippen molar-refractivity contribution in [2.24, 2.45) is 0 Å². The second-order valence-corrected chi connectivity index (χ2v) is 8.19. The standard InChI is InChI=1S/C10H14O6P2S/c11-17(12,13)7-9(19)6-10(18(14,15)16)8-4-2-1-3-5-8/h1-5,10-13H,6-7H2,(H-,14,15,16)/p+1. The molecule has 0 bridgehead atoms. The van der Waals surface area contributed by atoms with E-state index in [0.29, 0.717) is 5.56 Å². The molecule has 0 aliphatic rings. The van der Waals surface area contributed by atoms with Gasteiger partial charge < -0.3 is 9.79 Å². The summed E-state index contributed by atoms with van der Waals surface area (Å²) in [4.78, 5) is 45.5. The van der Waals surface area contributed by atoms with Crippen molar-refractivity contribution in [2.45, 2.75) is 12.1 Å². The second-order valence-electron chi connectivity index (χ2n) is 4.11. The van der Waals surface area contributed by atoms with Crippen LogP contribution in [0.4, 0.5) is 0 Å². The van der Waals surface area contributed by atoms with Gasteiger partial charge in [-0.3, -0.25) is 4.57 Å². The molecule has 1 unspecified atom stereocenters. The van der Waals surface area contributed by atoms with E-state index in [1.54, 1.807) is 30.3 Å². The van der Waals surface area contributed by atoms with Crippen LogP contribution in [0.1, 0.15) is 17.6 Å². The summed E-state index contributed by atoms with van der Waals surface area (Å²) in [5, 5.41) is 0. The van der Waals surface area contributed by atoms with Crippen LogP contribution >= 0.6 is 27.8 Å². The zero-order valence-corrected chi connectivity index (χ0v) is 12.4. The second kappa shape index (κ2) is 6.48. The third kappa shape index (κ3) is 6.17. The van der Waals surface area contributed by atoms with Crippen LogP contribution in [0.5, 0.6) is 0 Å². The molecule has 0 amide bonds. The Balaban J connectivity index is 2.90. The van der Waals surface area contributed by atoms with Gasteiger partial charge in [0.2, 0.25) is 0 Å². The van der Waals surface area contributed by atoms with Gasteiger partial charge in [0, 0.05) is 11.3 Å². The lowest BCUT2D eigenvalue weighted by atomic mass is 10.1. The zero-order chi connectivity index (χ0) is 14.7. The highest BCUT2D eigenvalue weighted by Gasteiger charge is 2.36. The maximum Gasteiger partial charge on any atom is 0.408 e. The zero-order valence-electron chi connectivity index (χ0n) is 9.83. The van der Waals surface area contributed by atoms with Crippen molar-refractivity contribution in [3.8, 4) is 0 Å². The van der Waals surface area contributed by atoms with Gasteiger partial charge in [0.05, 0.1) is 5.66 Å². The van der Waals surface area contributed by atoms with Crippen LogP contribution in [0.3, 0.4) is 0 Å². The maximum atomic E-state index is 11.5. The Labute approximate surface area is 116 Å². The molecule has 19 heavy (non-hydrogen) atoms. The Kier molecular flexibility index (Phi) is 5.74. The minimum atomic E-state index is -4.44. The van der Waals surface area contributed by atoms with Gasteiger partial charge in [-0.25, -0.2) is 0 Å². The van der Waals surface area contributed by atoms with E-state index in [1.807, 2.05) is 0 Å². The molecule has 106 valence electrons. The molecule has 1 rings (SSSR count). The number of rotatable bonds is 6. The average Bonchev–Trinajstić information content (AvgIpc) is 2.23. The molecule has 0 fully saturated rings. The highest BCUT2D eigenvalue weighted by atomic mass is 32.1. The van der Waals surface area contributed by atoms with Gasteiger partial charge in [0.15, 0.2) is 6.16 Å². The van der Waals surface area contributed by atoms with Crippen LogP contribution in [-0.4, -0.2) is 35.5 Å². The number of thiocarbonyl (C=S) groups is 1. The summed E-state index contributed by atoms with van der Waals surface area (Å²) in [5.74, 6) is 0. The smallest absolute Gasteiger partial charge is 0.324 e. The minimum Gasteiger partial charge on any atom is -0.324 e. The molecule has 0 saturated carbocycles. The van der Waals surface area contributed by atoms with Gasteiger partial charge in [-0.1, -0.05) is 42.5 Å².